The number of ether oxygens (including phenoxy) is 1. The quantitative estimate of drug-likeness (QED) is 0.871. The van der Waals surface area contributed by atoms with Gasteiger partial charge < -0.3 is 14.1 Å². The molecule has 3 rings (SSSR count). The molecule has 2 aromatic heterocycles. The first-order chi connectivity index (χ1) is 10.1. The molecule has 21 heavy (non-hydrogen) atoms. The molecule has 1 saturated heterocycles. The molecule has 6 nitrogen and oxygen atoms in total. The van der Waals surface area contributed by atoms with Gasteiger partial charge in [0.05, 0.1) is 5.56 Å². The molecular weight excluding hydrogens is 290 g/mol. The van der Waals surface area contributed by atoms with Crippen molar-refractivity contribution in [1.29, 1.82) is 0 Å². The molecule has 2 aromatic rings. The third-order valence-corrected chi connectivity index (χ3v) is 4.19. The molecule has 0 unspecified atom stereocenters. The lowest BCUT2D eigenvalue weighted by Crippen LogP contribution is -2.41. The van der Waals surface area contributed by atoms with Crippen LogP contribution in [0.2, 0.25) is 0 Å². The average molecular weight is 307 g/mol. The molecule has 0 N–H and O–H groups in total. The molecule has 0 bridgehead atoms. The predicted molar refractivity (Wildman–Crippen MR) is 77.6 cm³/mol. The van der Waals surface area contributed by atoms with Crippen molar-refractivity contribution >= 4 is 17.2 Å². The number of aryl methyl sites for hydroxylation is 2. The minimum absolute atomic E-state index is 0.0405. The largest absolute Gasteiger partial charge is 0.466 e. The first kappa shape index (κ1) is 14.1. The molecule has 1 fully saturated rings. The number of likely N-dealkylation sites (tertiary alicyclic amines) is 1. The Bertz CT molecular complexity index is 615. The van der Waals surface area contributed by atoms with Crippen LogP contribution in [0.25, 0.3) is 0 Å². The van der Waals surface area contributed by atoms with E-state index in [4.69, 9.17) is 9.15 Å². The van der Waals surface area contributed by atoms with Crippen LogP contribution < -0.4 is 4.74 Å². The van der Waals surface area contributed by atoms with E-state index in [1.54, 1.807) is 5.51 Å². The number of carbonyl (C=O) groups is 1. The van der Waals surface area contributed by atoms with Gasteiger partial charge in [-0.05, 0) is 19.9 Å². The summed E-state index contributed by atoms with van der Waals surface area (Å²) in [7, 11) is 0. The second kappa shape index (κ2) is 5.85. The van der Waals surface area contributed by atoms with Crippen molar-refractivity contribution < 1.29 is 13.9 Å². The summed E-state index contributed by atoms with van der Waals surface area (Å²) in [5, 5.41) is 8.23. The van der Waals surface area contributed by atoms with Crippen molar-refractivity contribution in [3.8, 4) is 5.19 Å². The lowest BCUT2D eigenvalue weighted by molar-refractivity contribution is 0.0592. The smallest absolute Gasteiger partial charge is 0.294 e. The van der Waals surface area contributed by atoms with Crippen LogP contribution in [0.3, 0.4) is 0 Å². The van der Waals surface area contributed by atoms with Crippen molar-refractivity contribution in [1.82, 2.24) is 15.1 Å². The summed E-state index contributed by atoms with van der Waals surface area (Å²) >= 11 is 1.39. The second-order valence-corrected chi connectivity index (χ2v) is 5.94. The van der Waals surface area contributed by atoms with Crippen LogP contribution in [-0.2, 0) is 0 Å². The minimum Gasteiger partial charge on any atom is -0.466 e. The van der Waals surface area contributed by atoms with Gasteiger partial charge in [-0.3, -0.25) is 4.79 Å². The zero-order valence-electron chi connectivity index (χ0n) is 12.0. The van der Waals surface area contributed by atoms with Gasteiger partial charge in [0.15, 0.2) is 0 Å². The maximum absolute atomic E-state index is 12.5. The van der Waals surface area contributed by atoms with Gasteiger partial charge in [0.1, 0.15) is 23.1 Å². The van der Waals surface area contributed by atoms with E-state index in [9.17, 15) is 4.79 Å². The van der Waals surface area contributed by atoms with Crippen LogP contribution in [0.5, 0.6) is 5.19 Å². The highest BCUT2D eigenvalue weighted by molar-refractivity contribution is 7.11. The molecular formula is C14H17N3O3S. The molecule has 3 heterocycles. The van der Waals surface area contributed by atoms with E-state index in [1.807, 2.05) is 24.8 Å². The van der Waals surface area contributed by atoms with Gasteiger partial charge in [-0.1, -0.05) is 11.3 Å². The topological polar surface area (TPSA) is 68.5 Å². The maximum Gasteiger partial charge on any atom is 0.294 e. The molecule has 0 atom stereocenters. The lowest BCUT2D eigenvalue weighted by atomic mass is 10.1. The normalized spacial score (nSPS) is 16.2. The zero-order chi connectivity index (χ0) is 14.8. The molecule has 0 spiro atoms. The Hall–Kier alpha value is -1.89. The highest BCUT2D eigenvalue weighted by Crippen LogP contribution is 2.22. The van der Waals surface area contributed by atoms with Crippen LogP contribution in [0.15, 0.2) is 16.0 Å². The Morgan fingerprint density at radius 1 is 1.43 bits per heavy atom. The Balaban J connectivity index is 1.58. The van der Waals surface area contributed by atoms with E-state index >= 15 is 0 Å². The first-order valence-corrected chi connectivity index (χ1v) is 7.80. The van der Waals surface area contributed by atoms with Crippen molar-refractivity contribution in [2.75, 3.05) is 13.1 Å². The van der Waals surface area contributed by atoms with Gasteiger partial charge in [0, 0.05) is 25.9 Å². The van der Waals surface area contributed by atoms with E-state index in [0.717, 1.165) is 18.6 Å². The van der Waals surface area contributed by atoms with Gasteiger partial charge in [0.25, 0.3) is 11.1 Å². The number of hydrogen-bond donors (Lipinski definition) is 0. The second-order valence-electron chi connectivity index (χ2n) is 5.14. The Morgan fingerprint density at radius 2 is 2.19 bits per heavy atom. The number of nitrogens with zero attached hydrogens (tertiary/aromatic N) is 3. The molecule has 112 valence electrons. The maximum atomic E-state index is 12.5. The van der Waals surface area contributed by atoms with E-state index in [-0.39, 0.29) is 12.0 Å². The van der Waals surface area contributed by atoms with E-state index in [2.05, 4.69) is 10.2 Å². The minimum atomic E-state index is 0.0405. The van der Waals surface area contributed by atoms with Gasteiger partial charge in [0.2, 0.25) is 0 Å². The monoisotopic (exact) mass is 307 g/mol. The summed E-state index contributed by atoms with van der Waals surface area (Å²) in [5.41, 5.74) is 2.31. The number of carbonyl (C=O) groups excluding carboxylic acids is 1. The Morgan fingerprint density at radius 3 is 2.76 bits per heavy atom. The fourth-order valence-corrected chi connectivity index (χ4v) is 3.02. The summed E-state index contributed by atoms with van der Waals surface area (Å²) in [6, 6.07) is 1.81. The number of rotatable bonds is 3. The summed E-state index contributed by atoms with van der Waals surface area (Å²) in [5.74, 6) is 1.49. The third-order valence-electron chi connectivity index (χ3n) is 3.61. The molecule has 1 aliphatic rings. The van der Waals surface area contributed by atoms with Gasteiger partial charge in [-0.2, -0.15) is 0 Å². The van der Waals surface area contributed by atoms with Crippen molar-refractivity contribution in [2.45, 2.75) is 32.8 Å². The summed E-state index contributed by atoms with van der Waals surface area (Å²) in [6.45, 7) is 5.05. The molecule has 1 amide bonds. The van der Waals surface area contributed by atoms with Gasteiger partial charge in [-0.25, -0.2) is 0 Å². The standard InChI is InChI=1S/C14H17N3O3S/c1-9-7-12(10(2)19-9)13(18)17-5-3-11(4-6-17)20-14-16-15-8-21-14/h7-8,11H,3-6H2,1-2H3. The zero-order valence-corrected chi connectivity index (χ0v) is 12.9. The van der Waals surface area contributed by atoms with Crippen LogP contribution in [-0.4, -0.2) is 40.2 Å². The van der Waals surface area contributed by atoms with E-state index in [1.165, 1.54) is 11.3 Å². The number of piperidine rings is 1. The average Bonchev–Trinajstić information content (AvgIpc) is 3.08. The molecule has 0 aliphatic carbocycles. The van der Waals surface area contributed by atoms with Crippen LogP contribution in [0, 0.1) is 13.8 Å². The van der Waals surface area contributed by atoms with Crippen LogP contribution in [0.1, 0.15) is 34.7 Å². The van der Waals surface area contributed by atoms with Crippen molar-refractivity contribution in [2.24, 2.45) is 0 Å². The highest BCUT2D eigenvalue weighted by Gasteiger charge is 2.27. The van der Waals surface area contributed by atoms with Crippen LogP contribution in [0.4, 0.5) is 0 Å². The number of furan rings is 1. The van der Waals surface area contributed by atoms with Crippen molar-refractivity contribution in [3.05, 3.63) is 28.7 Å². The molecule has 1 aliphatic heterocycles. The number of hydrogen-bond acceptors (Lipinski definition) is 6. The predicted octanol–water partition coefficient (Wildman–Crippen LogP) is 2.43. The van der Waals surface area contributed by atoms with Gasteiger partial charge in [-0.15, -0.1) is 10.2 Å². The van der Waals surface area contributed by atoms with E-state index in [0.29, 0.717) is 29.6 Å². The Labute approximate surface area is 126 Å². The van der Waals surface area contributed by atoms with Crippen LogP contribution >= 0.6 is 11.3 Å². The van der Waals surface area contributed by atoms with Gasteiger partial charge >= 0.3 is 0 Å². The summed E-state index contributed by atoms with van der Waals surface area (Å²) in [6.07, 6.45) is 1.72. The number of aromatic nitrogens is 2. The third kappa shape index (κ3) is 3.07. The first-order valence-electron chi connectivity index (χ1n) is 6.92. The summed E-state index contributed by atoms with van der Waals surface area (Å²) < 4.78 is 11.2. The Kier molecular flexibility index (Phi) is 3.92. The molecule has 0 radical (unpaired) electrons. The molecule has 0 saturated carbocycles. The SMILES string of the molecule is Cc1cc(C(=O)N2CCC(Oc3nncs3)CC2)c(C)o1. The summed E-state index contributed by atoms with van der Waals surface area (Å²) in [4.78, 5) is 14.3. The number of amides is 1. The van der Waals surface area contributed by atoms with Crippen molar-refractivity contribution in [3.63, 3.8) is 0 Å². The highest BCUT2D eigenvalue weighted by atomic mass is 32.1. The lowest BCUT2D eigenvalue weighted by Gasteiger charge is -2.31. The molecule has 7 heteroatoms. The van der Waals surface area contributed by atoms with E-state index < -0.39 is 0 Å². The molecule has 0 aromatic carbocycles. The fourth-order valence-electron chi connectivity index (χ4n) is 2.55. The fraction of sp³-hybridized carbons (Fsp3) is 0.500.